The molecule has 1 heteroatoms. The highest BCUT2D eigenvalue weighted by molar-refractivity contribution is 5.37. The molecular weight excluding hydrogens is 230 g/mol. The van der Waals surface area contributed by atoms with Crippen molar-refractivity contribution in [3.8, 4) is 0 Å². The number of hydrogen-bond donors (Lipinski definition) is 1. The summed E-state index contributed by atoms with van der Waals surface area (Å²) in [5, 5.41) is 3.77. The molecular formula is C18H31N. The molecule has 0 aliphatic rings. The van der Waals surface area contributed by atoms with Crippen molar-refractivity contribution < 1.29 is 0 Å². The molecule has 108 valence electrons. The lowest BCUT2D eigenvalue weighted by Crippen LogP contribution is -2.29. The van der Waals surface area contributed by atoms with Crippen molar-refractivity contribution in [2.24, 2.45) is 0 Å². The van der Waals surface area contributed by atoms with E-state index in [-0.39, 0.29) is 0 Å². The average Bonchev–Trinajstić information content (AvgIpc) is 2.34. The Bertz CT molecular complexity index is 358. The summed E-state index contributed by atoms with van der Waals surface area (Å²) in [6.45, 7) is 12.2. The first kappa shape index (κ1) is 16.2. The van der Waals surface area contributed by atoms with Crippen LogP contribution < -0.4 is 5.32 Å². The highest BCUT2D eigenvalue weighted by atomic mass is 14.9. The SMILES string of the molecule is CCCCC(CCC)NCc1c(C)cc(C)cc1C. The zero-order valence-electron chi connectivity index (χ0n) is 13.5. The lowest BCUT2D eigenvalue weighted by atomic mass is 9.98. The first-order valence-corrected chi connectivity index (χ1v) is 7.88. The van der Waals surface area contributed by atoms with Gasteiger partial charge in [0, 0.05) is 12.6 Å². The summed E-state index contributed by atoms with van der Waals surface area (Å²) in [6, 6.07) is 5.28. The van der Waals surface area contributed by atoms with E-state index in [1.807, 2.05) is 0 Å². The third-order valence-electron chi connectivity index (χ3n) is 3.95. The second-order valence-electron chi connectivity index (χ2n) is 5.89. The molecule has 0 amide bonds. The molecule has 0 saturated carbocycles. The van der Waals surface area contributed by atoms with E-state index in [0.717, 1.165) is 6.54 Å². The van der Waals surface area contributed by atoms with Gasteiger partial charge in [0.25, 0.3) is 0 Å². The van der Waals surface area contributed by atoms with Gasteiger partial charge in [-0.3, -0.25) is 0 Å². The molecule has 0 spiro atoms. The minimum atomic E-state index is 0.685. The van der Waals surface area contributed by atoms with E-state index >= 15 is 0 Å². The molecule has 1 atom stereocenters. The van der Waals surface area contributed by atoms with Crippen molar-refractivity contribution in [2.75, 3.05) is 0 Å². The monoisotopic (exact) mass is 261 g/mol. The van der Waals surface area contributed by atoms with Gasteiger partial charge in [-0.05, 0) is 50.3 Å². The molecule has 1 unspecified atom stereocenters. The molecule has 19 heavy (non-hydrogen) atoms. The Morgan fingerprint density at radius 1 is 0.947 bits per heavy atom. The maximum Gasteiger partial charge on any atom is 0.0213 e. The normalized spacial score (nSPS) is 12.7. The molecule has 1 rings (SSSR count). The van der Waals surface area contributed by atoms with Gasteiger partial charge in [-0.1, -0.05) is 50.8 Å². The van der Waals surface area contributed by atoms with Crippen LogP contribution in [0.3, 0.4) is 0 Å². The molecule has 1 aromatic carbocycles. The largest absolute Gasteiger partial charge is 0.310 e. The maximum absolute atomic E-state index is 3.77. The summed E-state index contributed by atoms with van der Waals surface area (Å²) in [5.74, 6) is 0. The van der Waals surface area contributed by atoms with Crippen molar-refractivity contribution in [3.05, 3.63) is 34.4 Å². The van der Waals surface area contributed by atoms with E-state index in [4.69, 9.17) is 0 Å². The van der Waals surface area contributed by atoms with Crippen LogP contribution in [-0.2, 0) is 6.54 Å². The van der Waals surface area contributed by atoms with Gasteiger partial charge in [-0.15, -0.1) is 0 Å². The van der Waals surface area contributed by atoms with Gasteiger partial charge in [0.1, 0.15) is 0 Å². The van der Waals surface area contributed by atoms with Gasteiger partial charge < -0.3 is 5.32 Å². The van der Waals surface area contributed by atoms with Gasteiger partial charge in [-0.25, -0.2) is 0 Å². The van der Waals surface area contributed by atoms with E-state index in [9.17, 15) is 0 Å². The molecule has 0 fully saturated rings. The molecule has 0 aliphatic carbocycles. The number of benzene rings is 1. The Kier molecular flexibility index (Phi) is 7.15. The topological polar surface area (TPSA) is 12.0 Å². The Morgan fingerprint density at radius 2 is 1.58 bits per heavy atom. The Morgan fingerprint density at radius 3 is 2.11 bits per heavy atom. The van der Waals surface area contributed by atoms with E-state index in [1.165, 1.54) is 54.4 Å². The quantitative estimate of drug-likeness (QED) is 0.689. The summed E-state index contributed by atoms with van der Waals surface area (Å²) in [6.07, 6.45) is 6.51. The van der Waals surface area contributed by atoms with Crippen LogP contribution >= 0.6 is 0 Å². The van der Waals surface area contributed by atoms with Gasteiger partial charge in [0.15, 0.2) is 0 Å². The van der Waals surface area contributed by atoms with Crippen molar-refractivity contribution in [2.45, 2.75) is 79.3 Å². The zero-order valence-corrected chi connectivity index (χ0v) is 13.5. The number of hydrogen-bond acceptors (Lipinski definition) is 1. The zero-order chi connectivity index (χ0) is 14.3. The second-order valence-corrected chi connectivity index (χ2v) is 5.89. The van der Waals surface area contributed by atoms with Crippen molar-refractivity contribution in [3.63, 3.8) is 0 Å². The molecule has 1 aromatic rings. The fourth-order valence-corrected chi connectivity index (χ4v) is 2.88. The van der Waals surface area contributed by atoms with Crippen LogP contribution in [0.1, 0.15) is 68.2 Å². The van der Waals surface area contributed by atoms with Gasteiger partial charge in [0.2, 0.25) is 0 Å². The highest BCUT2D eigenvalue weighted by Gasteiger charge is 2.09. The molecule has 0 heterocycles. The fraction of sp³-hybridized carbons (Fsp3) is 0.667. The fourth-order valence-electron chi connectivity index (χ4n) is 2.88. The number of rotatable bonds is 8. The average molecular weight is 261 g/mol. The molecule has 0 bridgehead atoms. The molecule has 0 aromatic heterocycles. The van der Waals surface area contributed by atoms with Crippen LogP contribution in [-0.4, -0.2) is 6.04 Å². The Labute approximate surface area is 119 Å². The minimum absolute atomic E-state index is 0.685. The van der Waals surface area contributed by atoms with Gasteiger partial charge in [0.05, 0.1) is 0 Å². The van der Waals surface area contributed by atoms with Crippen LogP contribution in [0, 0.1) is 20.8 Å². The van der Waals surface area contributed by atoms with Gasteiger partial charge in [-0.2, -0.15) is 0 Å². The smallest absolute Gasteiger partial charge is 0.0213 e. The van der Waals surface area contributed by atoms with Crippen molar-refractivity contribution in [1.29, 1.82) is 0 Å². The third-order valence-corrected chi connectivity index (χ3v) is 3.95. The molecule has 0 aliphatic heterocycles. The van der Waals surface area contributed by atoms with Crippen LogP contribution in [0.4, 0.5) is 0 Å². The lowest BCUT2D eigenvalue weighted by Gasteiger charge is -2.20. The van der Waals surface area contributed by atoms with Crippen LogP contribution in [0.15, 0.2) is 12.1 Å². The Balaban J connectivity index is 2.63. The van der Waals surface area contributed by atoms with Crippen LogP contribution in [0.2, 0.25) is 0 Å². The Hall–Kier alpha value is -0.820. The van der Waals surface area contributed by atoms with E-state index < -0.39 is 0 Å². The van der Waals surface area contributed by atoms with Gasteiger partial charge >= 0.3 is 0 Å². The second kappa shape index (κ2) is 8.37. The van der Waals surface area contributed by atoms with Crippen molar-refractivity contribution >= 4 is 0 Å². The van der Waals surface area contributed by atoms with E-state index in [1.54, 1.807) is 0 Å². The highest BCUT2D eigenvalue weighted by Crippen LogP contribution is 2.17. The predicted molar refractivity (Wildman–Crippen MR) is 85.7 cm³/mol. The van der Waals surface area contributed by atoms with Crippen LogP contribution in [0.25, 0.3) is 0 Å². The predicted octanol–water partition coefficient (Wildman–Crippen LogP) is 5.06. The number of aryl methyl sites for hydroxylation is 3. The first-order chi connectivity index (χ1) is 9.08. The van der Waals surface area contributed by atoms with Crippen molar-refractivity contribution in [1.82, 2.24) is 5.32 Å². The van der Waals surface area contributed by atoms with E-state index in [2.05, 4.69) is 52.1 Å². The standard InChI is InChI=1S/C18H31N/c1-6-8-10-17(9-7-2)19-13-18-15(4)11-14(3)12-16(18)5/h11-12,17,19H,6-10,13H2,1-5H3. The molecule has 0 saturated heterocycles. The summed E-state index contributed by atoms with van der Waals surface area (Å²) >= 11 is 0. The van der Waals surface area contributed by atoms with Crippen LogP contribution in [0.5, 0.6) is 0 Å². The number of nitrogens with one attached hydrogen (secondary N) is 1. The summed E-state index contributed by atoms with van der Waals surface area (Å²) in [7, 11) is 0. The minimum Gasteiger partial charge on any atom is -0.310 e. The van der Waals surface area contributed by atoms with E-state index in [0.29, 0.717) is 6.04 Å². The lowest BCUT2D eigenvalue weighted by molar-refractivity contribution is 0.433. The number of unbranched alkanes of at least 4 members (excludes halogenated alkanes) is 1. The summed E-state index contributed by atoms with van der Waals surface area (Å²) < 4.78 is 0. The summed E-state index contributed by atoms with van der Waals surface area (Å²) in [4.78, 5) is 0. The third kappa shape index (κ3) is 5.36. The molecule has 0 radical (unpaired) electrons. The molecule has 1 N–H and O–H groups in total. The maximum atomic E-state index is 3.77. The first-order valence-electron chi connectivity index (χ1n) is 7.88. The molecule has 1 nitrogen and oxygen atoms in total. The summed E-state index contributed by atoms with van der Waals surface area (Å²) in [5.41, 5.74) is 5.71.